The van der Waals surface area contributed by atoms with Crippen LogP contribution in [0.15, 0.2) is 54.7 Å². The van der Waals surface area contributed by atoms with Gasteiger partial charge in [-0.2, -0.15) is 5.26 Å². The van der Waals surface area contributed by atoms with E-state index < -0.39 is 103 Å². The molecule has 0 bridgehead atoms. The van der Waals surface area contributed by atoms with E-state index in [-0.39, 0.29) is 29.1 Å². The maximum Gasteiger partial charge on any atom is 0.410 e. The van der Waals surface area contributed by atoms with Gasteiger partial charge in [-0.3, -0.25) is 29.1 Å². The first kappa shape index (κ1) is 37.9. The summed E-state index contributed by atoms with van der Waals surface area (Å²) in [4.78, 5) is 67.3. The molecule has 274 valence electrons. The monoisotopic (exact) mass is 743 g/mol. The van der Waals surface area contributed by atoms with Crippen molar-refractivity contribution in [3.63, 3.8) is 0 Å². The summed E-state index contributed by atoms with van der Waals surface area (Å²) in [7, 11) is 0. The number of rotatable bonds is 7. The van der Waals surface area contributed by atoms with Crippen LogP contribution in [-0.2, 0) is 19.1 Å². The van der Waals surface area contributed by atoms with Crippen molar-refractivity contribution in [1.29, 1.82) is 5.26 Å². The lowest BCUT2D eigenvalue weighted by molar-refractivity contribution is -0.131. The number of aromatic nitrogens is 2. The maximum atomic E-state index is 15.1. The van der Waals surface area contributed by atoms with E-state index in [1.54, 1.807) is 20.8 Å². The smallest absolute Gasteiger partial charge is 0.410 e. The Morgan fingerprint density at radius 3 is 2.37 bits per heavy atom. The summed E-state index contributed by atoms with van der Waals surface area (Å²) in [5.41, 5.74) is -1.68. The van der Waals surface area contributed by atoms with E-state index in [1.165, 1.54) is 36.5 Å². The molecule has 5 rings (SSSR count). The van der Waals surface area contributed by atoms with E-state index in [4.69, 9.17) is 16.3 Å². The molecule has 2 aliphatic rings. The summed E-state index contributed by atoms with van der Waals surface area (Å²) < 4.78 is 63.4. The van der Waals surface area contributed by atoms with Crippen molar-refractivity contribution in [2.45, 2.75) is 76.1 Å². The molecule has 1 aliphatic heterocycles. The number of hydrogen-bond donors (Lipinski definition) is 1. The van der Waals surface area contributed by atoms with E-state index in [0.29, 0.717) is 6.07 Å². The average molecular weight is 744 g/mol. The summed E-state index contributed by atoms with van der Waals surface area (Å²) in [5.74, 6) is -8.55. The number of ether oxygens (including phenoxy) is 1. The zero-order valence-electron chi connectivity index (χ0n) is 28.3. The molecule has 17 heteroatoms. The highest BCUT2D eigenvalue weighted by Gasteiger charge is 2.47. The molecule has 2 aromatic carbocycles. The molecule has 1 unspecified atom stereocenters. The van der Waals surface area contributed by atoms with Crippen molar-refractivity contribution in [3.05, 3.63) is 82.6 Å². The van der Waals surface area contributed by atoms with Gasteiger partial charge in [-0.25, -0.2) is 32.3 Å². The number of nitrogens with zero attached hydrogens (tertiary/aromatic N) is 6. The number of carbonyl (C=O) groups is 4. The third-order valence-electron chi connectivity index (χ3n) is 8.34. The van der Waals surface area contributed by atoms with Crippen LogP contribution >= 0.6 is 11.6 Å². The van der Waals surface area contributed by atoms with Gasteiger partial charge in [0.2, 0.25) is 23.7 Å². The van der Waals surface area contributed by atoms with E-state index in [0.717, 1.165) is 26.8 Å². The fourth-order valence-electron chi connectivity index (χ4n) is 6.00. The lowest BCUT2D eigenvalue weighted by Gasteiger charge is -2.42. The van der Waals surface area contributed by atoms with E-state index in [1.807, 2.05) is 6.07 Å². The van der Waals surface area contributed by atoms with E-state index >= 15 is 4.79 Å². The number of hydrogen-bond acceptors (Lipinski definition) is 8. The molecule has 2 atom stereocenters. The summed E-state index contributed by atoms with van der Waals surface area (Å²) in [6, 6.07) is 6.70. The predicted octanol–water partition coefficient (Wildman–Crippen LogP) is 5.70. The Hall–Kier alpha value is -5.30. The third-order valence-corrected chi connectivity index (χ3v) is 8.69. The highest BCUT2D eigenvalue weighted by molar-refractivity contribution is 6.31. The minimum Gasteiger partial charge on any atom is -0.444 e. The van der Waals surface area contributed by atoms with Crippen molar-refractivity contribution in [2.24, 2.45) is 0 Å². The highest BCUT2D eigenvalue weighted by atomic mass is 35.5. The standard InChI is InChI=1S/C35H34ClF4N7O5/c1-34(2,3)52-33(51)45-18-27(47(28(48)19-45)32-42-13-10-23(17-41)44-32)31(50)46(24-15-20(37)14-21(38)16-24)29(25-6-4-5-7-26(25)36)30(49)43-22-8-11-35(39,40)12-9-22/h4-7,10,13-16,22,27,29H,8-9,11-12,18-19H2,1-3H3,(H,43,49)/t27?,29-/m0/s1. The fourth-order valence-corrected chi connectivity index (χ4v) is 6.24. The Morgan fingerprint density at radius 1 is 1.10 bits per heavy atom. The van der Waals surface area contributed by atoms with Crippen molar-refractivity contribution in [3.8, 4) is 6.07 Å². The predicted molar refractivity (Wildman–Crippen MR) is 179 cm³/mol. The number of carbonyl (C=O) groups excluding carboxylic acids is 4. The highest BCUT2D eigenvalue weighted by Crippen LogP contribution is 2.37. The minimum absolute atomic E-state index is 0.0127. The molecule has 1 saturated heterocycles. The van der Waals surface area contributed by atoms with Crippen molar-refractivity contribution >= 4 is 47.1 Å². The number of nitriles is 1. The molecule has 3 aromatic rings. The average Bonchev–Trinajstić information content (AvgIpc) is 3.06. The zero-order chi connectivity index (χ0) is 38.0. The molecule has 1 saturated carbocycles. The SMILES string of the molecule is CC(C)(C)OC(=O)N1CC(=O)N(c2nccc(C#N)n2)C(C(=O)N(c2cc(F)cc(F)c2)[C@H](C(=O)NC2CCC(F)(F)CC2)c2ccccc2Cl)C1. The van der Waals surface area contributed by atoms with Crippen LogP contribution in [0.25, 0.3) is 0 Å². The number of benzene rings is 2. The van der Waals surface area contributed by atoms with Gasteiger partial charge >= 0.3 is 6.09 Å². The molecule has 0 spiro atoms. The quantitative estimate of drug-likeness (QED) is 0.303. The Bertz CT molecular complexity index is 1890. The van der Waals surface area contributed by atoms with Gasteiger partial charge in [0.25, 0.3) is 5.91 Å². The van der Waals surface area contributed by atoms with Gasteiger partial charge in [-0.1, -0.05) is 29.8 Å². The second-order valence-electron chi connectivity index (χ2n) is 13.4. The van der Waals surface area contributed by atoms with E-state index in [9.17, 15) is 37.2 Å². The summed E-state index contributed by atoms with van der Waals surface area (Å²) in [5, 5.41) is 12.2. The molecule has 1 N–H and O–H groups in total. The van der Waals surface area contributed by atoms with Crippen LogP contribution in [0.2, 0.25) is 5.02 Å². The van der Waals surface area contributed by atoms with E-state index in [2.05, 4.69) is 15.3 Å². The van der Waals surface area contributed by atoms with Crippen LogP contribution in [0.5, 0.6) is 0 Å². The van der Waals surface area contributed by atoms with Gasteiger partial charge < -0.3 is 10.1 Å². The number of piperazine rings is 1. The second kappa shape index (κ2) is 15.1. The lowest BCUT2D eigenvalue weighted by Crippen LogP contribution is -2.65. The summed E-state index contributed by atoms with van der Waals surface area (Å²) in [6.45, 7) is 3.57. The Kier molecular flexibility index (Phi) is 11.0. The Morgan fingerprint density at radius 2 is 1.75 bits per heavy atom. The topological polar surface area (TPSA) is 149 Å². The molecule has 12 nitrogen and oxygen atoms in total. The Labute approximate surface area is 301 Å². The molecular formula is C35H34ClF4N7O5. The molecule has 0 radical (unpaired) electrons. The van der Waals surface area contributed by atoms with Crippen LogP contribution in [-0.4, -0.2) is 75.4 Å². The molecular weight excluding hydrogens is 710 g/mol. The molecule has 4 amide bonds. The molecule has 1 aliphatic carbocycles. The zero-order valence-corrected chi connectivity index (χ0v) is 29.0. The number of amides is 4. The van der Waals surface area contributed by atoms with Crippen molar-refractivity contribution in [1.82, 2.24) is 20.2 Å². The van der Waals surface area contributed by atoms with Crippen LogP contribution in [0.1, 0.15) is 63.8 Å². The molecule has 1 aromatic heterocycles. The summed E-state index contributed by atoms with van der Waals surface area (Å²) >= 11 is 6.59. The Balaban J connectivity index is 1.68. The minimum atomic E-state index is -2.92. The fraction of sp³-hybridized carbons (Fsp3) is 0.400. The van der Waals surface area contributed by atoms with Gasteiger partial charge in [0.15, 0.2) is 0 Å². The van der Waals surface area contributed by atoms with Crippen LogP contribution in [0, 0.1) is 23.0 Å². The van der Waals surface area contributed by atoms with Crippen LogP contribution in [0.3, 0.4) is 0 Å². The van der Waals surface area contributed by atoms with Gasteiger partial charge in [0.05, 0.1) is 12.2 Å². The molecule has 52 heavy (non-hydrogen) atoms. The van der Waals surface area contributed by atoms with Crippen LogP contribution in [0.4, 0.5) is 34.0 Å². The first-order valence-electron chi connectivity index (χ1n) is 16.2. The van der Waals surface area contributed by atoms with Crippen LogP contribution < -0.4 is 15.1 Å². The molecule has 2 fully saturated rings. The largest absolute Gasteiger partial charge is 0.444 e. The van der Waals surface area contributed by atoms with Gasteiger partial charge in [0.1, 0.15) is 47.6 Å². The van der Waals surface area contributed by atoms with Crippen molar-refractivity contribution < 1.29 is 41.5 Å². The number of alkyl halides is 2. The summed E-state index contributed by atoms with van der Waals surface area (Å²) in [6.07, 6.45) is -1.01. The van der Waals surface area contributed by atoms with Crippen molar-refractivity contribution in [2.75, 3.05) is 22.9 Å². The number of anilines is 2. The maximum absolute atomic E-state index is 15.1. The number of halogens is 5. The third kappa shape index (κ3) is 8.76. The first-order valence-corrected chi connectivity index (χ1v) is 16.6. The molecule has 2 heterocycles. The van der Waals surface area contributed by atoms with Gasteiger partial charge in [-0.15, -0.1) is 0 Å². The normalized spacial score (nSPS) is 18.3. The first-order chi connectivity index (χ1) is 24.5. The second-order valence-corrected chi connectivity index (χ2v) is 13.8. The van der Waals surface area contributed by atoms with Gasteiger partial charge in [0, 0.05) is 41.7 Å². The van der Waals surface area contributed by atoms with Gasteiger partial charge in [-0.05, 0) is 57.9 Å². The lowest BCUT2D eigenvalue weighted by atomic mass is 9.91. The number of nitrogens with one attached hydrogen (secondary N) is 1.